The summed E-state index contributed by atoms with van der Waals surface area (Å²) in [6, 6.07) is 4.04. The molecular formula is C12H12ClFN2O. The van der Waals surface area contributed by atoms with E-state index in [1.165, 1.54) is 12.1 Å². The summed E-state index contributed by atoms with van der Waals surface area (Å²) in [5.74, 6) is 0.282. The van der Waals surface area contributed by atoms with E-state index in [1.54, 1.807) is 18.5 Å². The van der Waals surface area contributed by atoms with Gasteiger partial charge in [0.05, 0.1) is 6.10 Å². The summed E-state index contributed by atoms with van der Waals surface area (Å²) < 4.78 is 14.9. The highest BCUT2D eigenvalue weighted by Crippen LogP contribution is 2.22. The molecule has 1 N–H and O–H groups in total. The van der Waals surface area contributed by atoms with Gasteiger partial charge in [0.2, 0.25) is 0 Å². The first-order chi connectivity index (χ1) is 8.06. The average molecular weight is 255 g/mol. The van der Waals surface area contributed by atoms with E-state index < -0.39 is 11.9 Å². The summed E-state index contributed by atoms with van der Waals surface area (Å²) in [5, 5.41) is 10.3. The number of rotatable bonds is 3. The summed E-state index contributed by atoms with van der Waals surface area (Å²) in [7, 11) is 1.84. The molecule has 0 saturated heterocycles. The maximum absolute atomic E-state index is 13.1. The Balaban J connectivity index is 2.20. The Morgan fingerprint density at radius 1 is 1.47 bits per heavy atom. The molecule has 0 bridgehead atoms. The topological polar surface area (TPSA) is 38.0 Å². The molecule has 1 unspecified atom stereocenters. The van der Waals surface area contributed by atoms with Gasteiger partial charge in [-0.15, -0.1) is 0 Å². The largest absolute Gasteiger partial charge is 0.388 e. The van der Waals surface area contributed by atoms with E-state index in [2.05, 4.69) is 4.98 Å². The molecule has 1 heterocycles. The minimum atomic E-state index is -0.815. The second-order valence-corrected chi connectivity index (χ2v) is 4.31. The number of halogens is 2. The summed E-state index contributed by atoms with van der Waals surface area (Å²) in [5.41, 5.74) is 0.456. The van der Waals surface area contributed by atoms with Gasteiger partial charge < -0.3 is 9.67 Å². The summed E-state index contributed by atoms with van der Waals surface area (Å²) in [6.07, 6.45) is 2.95. The van der Waals surface area contributed by atoms with E-state index in [4.69, 9.17) is 11.6 Å². The Kier molecular flexibility index (Phi) is 3.45. The first-order valence-corrected chi connectivity index (χ1v) is 5.54. The van der Waals surface area contributed by atoms with Gasteiger partial charge in [0.1, 0.15) is 11.6 Å². The van der Waals surface area contributed by atoms with Crippen LogP contribution in [-0.2, 0) is 13.5 Å². The smallest absolute Gasteiger partial charge is 0.125 e. The minimum absolute atomic E-state index is 0.277. The zero-order valence-electron chi connectivity index (χ0n) is 9.27. The molecule has 0 aliphatic heterocycles. The van der Waals surface area contributed by atoms with Crippen molar-refractivity contribution >= 4 is 11.6 Å². The molecule has 0 saturated carbocycles. The van der Waals surface area contributed by atoms with Crippen molar-refractivity contribution in [2.24, 2.45) is 7.05 Å². The fraction of sp³-hybridized carbons (Fsp3) is 0.250. The zero-order chi connectivity index (χ0) is 12.4. The molecule has 0 fully saturated rings. The average Bonchev–Trinajstić information content (AvgIpc) is 2.63. The molecule has 2 aromatic rings. The SMILES string of the molecule is Cn1ccnc1CC(O)c1cc(F)cc(Cl)c1. The Bertz CT molecular complexity index is 507. The molecule has 90 valence electrons. The van der Waals surface area contributed by atoms with Gasteiger partial charge in [-0.3, -0.25) is 0 Å². The number of hydrogen-bond donors (Lipinski definition) is 1. The third kappa shape index (κ3) is 2.84. The van der Waals surface area contributed by atoms with Crippen molar-refractivity contribution in [3.63, 3.8) is 0 Å². The van der Waals surface area contributed by atoms with Crippen LogP contribution in [0.15, 0.2) is 30.6 Å². The first kappa shape index (κ1) is 12.1. The van der Waals surface area contributed by atoms with E-state index in [9.17, 15) is 9.50 Å². The van der Waals surface area contributed by atoms with Gasteiger partial charge in [0, 0.05) is 30.9 Å². The molecule has 2 rings (SSSR count). The van der Waals surface area contributed by atoms with Crippen LogP contribution in [0, 0.1) is 5.82 Å². The standard InChI is InChI=1S/C12H12ClFN2O/c1-16-3-2-15-12(16)7-11(17)8-4-9(13)6-10(14)5-8/h2-6,11,17H,7H2,1H3. The summed E-state index contributed by atoms with van der Waals surface area (Å²) in [4.78, 5) is 4.10. The fourth-order valence-corrected chi connectivity index (χ4v) is 1.88. The van der Waals surface area contributed by atoms with Crippen LogP contribution in [0.4, 0.5) is 4.39 Å². The Morgan fingerprint density at radius 2 is 2.24 bits per heavy atom. The third-order valence-electron chi connectivity index (χ3n) is 2.57. The Morgan fingerprint density at radius 3 is 2.82 bits per heavy atom. The lowest BCUT2D eigenvalue weighted by Gasteiger charge is -2.11. The van der Waals surface area contributed by atoms with E-state index in [-0.39, 0.29) is 5.02 Å². The van der Waals surface area contributed by atoms with Crippen molar-refractivity contribution in [2.75, 3.05) is 0 Å². The molecule has 1 aromatic heterocycles. The van der Waals surface area contributed by atoms with Crippen LogP contribution < -0.4 is 0 Å². The van der Waals surface area contributed by atoms with Gasteiger partial charge in [-0.05, 0) is 23.8 Å². The number of imidazole rings is 1. The van der Waals surface area contributed by atoms with Gasteiger partial charge in [-0.25, -0.2) is 9.37 Å². The number of hydrogen-bond acceptors (Lipinski definition) is 2. The van der Waals surface area contributed by atoms with Crippen molar-refractivity contribution in [3.05, 3.63) is 52.8 Å². The van der Waals surface area contributed by atoms with Gasteiger partial charge in [-0.1, -0.05) is 11.6 Å². The predicted octanol–water partition coefficient (Wildman–Crippen LogP) is 2.49. The van der Waals surface area contributed by atoms with Crippen LogP contribution in [0.2, 0.25) is 5.02 Å². The second kappa shape index (κ2) is 4.85. The number of benzene rings is 1. The summed E-state index contributed by atoms with van der Waals surface area (Å²) in [6.45, 7) is 0. The van der Waals surface area contributed by atoms with Crippen molar-refractivity contribution in [1.29, 1.82) is 0 Å². The molecule has 0 radical (unpaired) electrons. The number of aromatic nitrogens is 2. The number of nitrogens with zero attached hydrogens (tertiary/aromatic N) is 2. The molecule has 5 heteroatoms. The van der Waals surface area contributed by atoms with Crippen LogP contribution in [0.1, 0.15) is 17.5 Å². The molecule has 1 aromatic carbocycles. The van der Waals surface area contributed by atoms with Crippen LogP contribution >= 0.6 is 11.6 Å². The van der Waals surface area contributed by atoms with Crippen molar-refractivity contribution in [3.8, 4) is 0 Å². The first-order valence-electron chi connectivity index (χ1n) is 5.16. The van der Waals surface area contributed by atoms with Gasteiger partial charge in [0.15, 0.2) is 0 Å². The molecule has 1 atom stereocenters. The molecule has 0 aliphatic carbocycles. The zero-order valence-corrected chi connectivity index (χ0v) is 10.0. The lowest BCUT2D eigenvalue weighted by molar-refractivity contribution is 0.174. The van der Waals surface area contributed by atoms with E-state index in [0.29, 0.717) is 12.0 Å². The molecular weight excluding hydrogens is 243 g/mol. The third-order valence-corrected chi connectivity index (χ3v) is 2.78. The maximum atomic E-state index is 13.1. The number of aliphatic hydroxyl groups excluding tert-OH is 1. The predicted molar refractivity (Wildman–Crippen MR) is 63.3 cm³/mol. The van der Waals surface area contributed by atoms with Crippen molar-refractivity contribution < 1.29 is 9.50 Å². The van der Waals surface area contributed by atoms with Gasteiger partial charge in [-0.2, -0.15) is 0 Å². The molecule has 0 amide bonds. The van der Waals surface area contributed by atoms with E-state index in [1.807, 2.05) is 11.6 Å². The van der Waals surface area contributed by atoms with Crippen LogP contribution in [0.3, 0.4) is 0 Å². The number of aliphatic hydroxyl groups is 1. The lowest BCUT2D eigenvalue weighted by Crippen LogP contribution is -2.07. The maximum Gasteiger partial charge on any atom is 0.125 e. The highest BCUT2D eigenvalue weighted by Gasteiger charge is 2.13. The van der Waals surface area contributed by atoms with Crippen molar-refractivity contribution in [2.45, 2.75) is 12.5 Å². The van der Waals surface area contributed by atoms with E-state index in [0.717, 1.165) is 5.82 Å². The minimum Gasteiger partial charge on any atom is -0.388 e. The number of aryl methyl sites for hydroxylation is 1. The Labute approximate surface area is 103 Å². The Hall–Kier alpha value is -1.39. The van der Waals surface area contributed by atoms with Crippen molar-refractivity contribution in [1.82, 2.24) is 9.55 Å². The highest BCUT2D eigenvalue weighted by molar-refractivity contribution is 6.30. The van der Waals surface area contributed by atoms with Crippen LogP contribution in [0.5, 0.6) is 0 Å². The van der Waals surface area contributed by atoms with Gasteiger partial charge >= 0.3 is 0 Å². The molecule has 17 heavy (non-hydrogen) atoms. The quantitative estimate of drug-likeness (QED) is 0.914. The molecule has 3 nitrogen and oxygen atoms in total. The van der Waals surface area contributed by atoms with E-state index >= 15 is 0 Å². The summed E-state index contributed by atoms with van der Waals surface area (Å²) >= 11 is 5.74. The normalized spacial score (nSPS) is 12.7. The fourth-order valence-electron chi connectivity index (χ4n) is 1.65. The van der Waals surface area contributed by atoms with Crippen LogP contribution in [0.25, 0.3) is 0 Å². The highest BCUT2D eigenvalue weighted by atomic mass is 35.5. The lowest BCUT2D eigenvalue weighted by atomic mass is 10.1. The second-order valence-electron chi connectivity index (χ2n) is 3.88. The van der Waals surface area contributed by atoms with Crippen LogP contribution in [-0.4, -0.2) is 14.7 Å². The van der Waals surface area contributed by atoms with Gasteiger partial charge in [0.25, 0.3) is 0 Å². The molecule has 0 aliphatic rings. The molecule has 0 spiro atoms. The monoisotopic (exact) mass is 254 g/mol.